The molecular weight excluding hydrogens is 266 g/mol. The first kappa shape index (κ1) is 14.6. The molecule has 0 bridgehead atoms. The molecule has 0 aliphatic heterocycles. The Bertz CT molecular complexity index is 282. The maximum atomic E-state index is 11.1. The number of hydrogen-bond acceptors (Lipinski definition) is 4. The Hall–Kier alpha value is -0.450. The van der Waals surface area contributed by atoms with Crippen molar-refractivity contribution in [2.45, 2.75) is 23.9 Å². The van der Waals surface area contributed by atoms with Crippen LogP contribution in [0.25, 0.3) is 0 Å². The largest absolute Gasteiger partial charge is 0.421 e. The molecule has 0 fully saturated rings. The minimum atomic E-state index is -2.04. The van der Waals surface area contributed by atoms with Gasteiger partial charge in [0.25, 0.3) is 10.1 Å². The van der Waals surface area contributed by atoms with Crippen LogP contribution in [-0.2, 0) is 19.1 Å². The van der Waals surface area contributed by atoms with E-state index in [-0.39, 0.29) is 5.57 Å². The topological polar surface area (TPSA) is 52.6 Å². The predicted octanol–water partition coefficient (Wildman–Crippen LogP) is 2.37. The first-order valence-corrected chi connectivity index (χ1v) is 4.88. The van der Waals surface area contributed by atoms with Gasteiger partial charge in [-0.3, -0.25) is 4.79 Å². The molecule has 0 spiro atoms. The fraction of sp³-hybridized carbons (Fsp3) is 0.500. The number of halogens is 3. The van der Waals surface area contributed by atoms with Crippen LogP contribution >= 0.6 is 34.8 Å². The zero-order chi connectivity index (χ0) is 12.2. The molecule has 0 heterocycles. The lowest BCUT2D eigenvalue weighted by Gasteiger charge is -2.23. The molecule has 0 radical (unpaired) electrons. The van der Waals surface area contributed by atoms with Gasteiger partial charge in [0.1, 0.15) is 0 Å². The number of esters is 2. The van der Waals surface area contributed by atoms with Gasteiger partial charge in [-0.25, -0.2) is 4.79 Å². The molecule has 0 rings (SSSR count). The van der Waals surface area contributed by atoms with E-state index in [1.807, 2.05) is 0 Å². The van der Waals surface area contributed by atoms with Crippen molar-refractivity contribution in [3.05, 3.63) is 12.2 Å². The highest BCUT2D eigenvalue weighted by Gasteiger charge is 2.39. The van der Waals surface area contributed by atoms with Crippen molar-refractivity contribution in [3.63, 3.8) is 0 Å². The Balaban J connectivity index is 4.59. The summed E-state index contributed by atoms with van der Waals surface area (Å²) in [6.45, 7) is 5.83. The van der Waals surface area contributed by atoms with E-state index in [9.17, 15) is 9.59 Å². The van der Waals surface area contributed by atoms with Crippen molar-refractivity contribution in [1.82, 2.24) is 0 Å². The van der Waals surface area contributed by atoms with Gasteiger partial charge in [-0.15, -0.1) is 0 Å². The van der Waals surface area contributed by atoms with Crippen molar-refractivity contribution >= 4 is 46.7 Å². The minimum absolute atomic E-state index is 0.0985. The van der Waals surface area contributed by atoms with Gasteiger partial charge in [0.15, 0.2) is 0 Å². The molecule has 1 atom stereocenters. The van der Waals surface area contributed by atoms with Crippen LogP contribution in [-0.4, -0.2) is 22.0 Å². The third-order valence-electron chi connectivity index (χ3n) is 1.10. The molecule has 15 heavy (non-hydrogen) atoms. The summed E-state index contributed by atoms with van der Waals surface area (Å²) in [5.74, 6) is -1.55. The number of hydrogen-bond donors (Lipinski definition) is 0. The molecule has 4 nitrogen and oxygen atoms in total. The van der Waals surface area contributed by atoms with Crippen LogP contribution in [0.3, 0.4) is 0 Å². The van der Waals surface area contributed by atoms with E-state index in [1.54, 1.807) is 0 Å². The van der Waals surface area contributed by atoms with E-state index >= 15 is 0 Å². The number of ether oxygens (including phenoxy) is 2. The number of carbonyl (C=O) groups excluding carboxylic acids is 2. The smallest absolute Gasteiger partial charge is 0.336 e. The molecule has 0 amide bonds. The molecule has 0 aromatic heterocycles. The van der Waals surface area contributed by atoms with E-state index in [4.69, 9.17) is 34.8 Å². The molecule has 7 heteroatoms. The first-order valence-electron chi connectivity index (χ1n) is 3.75. The zero-order valence-electron chi connectivity index (χ0n) is 8.05. The fourth-order valence-corrected chi connectivity index (χ4v) is 0.773. The average Bonchev–Trinajstić information content (AvgIpc) is 2.00. The van der Waals surface area contributed by atoms with Gasteiger partial charge in [-0.2, -0.15) is 0 Å². The lowest BCUT2D eigenvalue weighted by Crippen LogP contribution is -2.35. The van der Waals surface area contributed by atoms with Gasteiger partial charge >= 0.3 is 11.9 Å². The van der Waals surface area contributed by atoms with Gasteiger partial charge in [0.2, 0.25) is 0 Å². The molecule has 0 aliphatic carbocycles. The summed E-state index contributed by atoms with van der Waals surface area (Å²) in [6.07, 6.45) is -1.59. The summed E-state index contributed by atoms with van der Waals surface area (Å²) < 4.78 is 7.08. The quantitative estimate of drug-likeness (QED) is 0.343. The molecule has 0 aromatic carbocycles. The van der Waals surface area contributed by atoms with E-state index in [1.165, 1.54) is 6.92 Å². The van der Waals surface area contributed by atoms with Crippen LogP contribution in [0.4, 0.5) is 0 Å². The Morgan fingerprint density at radius 3 is 1.93 bits per heavy atom. The second-order valence-electron chi connectivity index (χ2n) is 2.67. The molecule has 0 N–H and O–H groups in total. The third kappa shape index (κ3) is 5.87. The fourth-order valence-electron chi connectivity index (χ4n) is 0.506. The van der Waals surface area contributed by atoms with Crippen LogP contribution in [0.1, 0.15) is 13.8 Å². The number of rotatable bonds is 3. The molecule has 0 aliphatic rings. The van der Waals surface area contributed by atoms with Gasteiger partial charge in [-0.1, -0.05) is 41.4 Å². The van der Waals surface area contributed by atoms with Crippen molar-refractivity contribution in [2.24, 2.45) is 0 Å². The normalized spacial score (nSPS) is 12.9. The molecule has 0 saturated carbocycles. The van der Waals surface area contributed by atoms with Gasteiger partial charge < -0.3 is 9.47 Å². The average molecular weight is 276 g/mol. The Labute approximate surface area is 102 Å². The van der Waals surface area contributed by atoms with E-state index < -0.39 is 22.0 Å². The van der Waals surface area contributed by atoms with Gasteiger partial charge in [0.05, 0.1) is 0 Å². The van der Waals surface area contributed by atoms with Crippen molar-refractivity contribution < 1.29 is 19.1 Å². The Morgan fingerprint density at radius 2 is 1.67 bits per heavy atom. The maximum absolute atomic E-state index is 11.1. The number of alkyl halides is 3. The molecule has 86 valence electrons. The first-order chi connectivity index (χ1) is 6.64. The zero-order valence-corrected chi connectivity index (χ0v) is 10.3. The van der Waals surface area contributed by atoms with Gasteiger partial charge in [-0.05, 0) is 6.92 Å². The SMILES string of the molecule is C=C(C)C(=O)OC(OC(C)=O)C(Cl)(Cl)Cl. The second-order valence-corrected chi connectivity index (χ2v) is 5.04. The molecule has 0 aromatic rings. The van der Waals surface area contributed by atoms with Crippen LogP contribution in [0.5, 0.6) is 0 Å². The van der Waals surface area contributed by atoms with Crippen molar-refractivity contribution in [3.8, 4) is 0 Å². The molecular formula is C8H9Cl3O4. The van der Waals surface area contributed by atoms with E-state index in [0.29, 0.717) is 0 Å². The lowest BCUT2D eigenvalue weighted by molar-refractivity contribution is -0.182. The maximum Gasteiger partial charge on any atom is 0.336 e. The second kappa shape index (κ2) is 5.58. The minimum Gasteiger partial charge on any atom is -0.421 e. The summed E-state index contributed by atoms with van der Waals surface area (Å²) >= 11 is 16.3. The summed E-state index contributed by atoms with van der Waals surface area (Å²) in [4.78, 5) is 21.7. The summed E-state index contributed by atoms with van der Waals surface area (Å²) in [5, 5.41) is 0. The highest BCUT2D eigenvalue weighted by Crippen LogP contribution is 2.33. The van der Waals surface area contributed by atoms with Crippen LogP contribution in [0.2, 0.25) is 0 Å². The third-order valence-corrected chi connectivity index (χ3v) is 1.64. The van der Waals surface area contributed by atoms with Crippen LogP contribution in [0, 0.1) is 0 Å². The van der Waals surface area contributed by atoms with Crippen LogP contribution in [0.15, 0.2) is 12.2 Å². The molecule has 0 saturated heterocycles. The van der Waals surface area contributed by atoms with Gasteiger partial charge in [0, 0.05) is 12.5 Å². The number of carbonyl (C=O) groups is 2. The summed E-state index contributed by atoms with van der Waals surface area (Å²) in [7, 11) is 0. The van der Waals surface area contributed by atoms with Crippen molar-refractivity contribution in [1.29, 1.82) is 0 Å². The predicted molar refractivity (Wildman–Crippen MR) is 56.8 cm³/mol. The lowest BCUT2D eigenvalue weighted by atomic mass is 10.4. The van der Waals surface area contributed by atoms with E-state index in [0.717, 1.165) is 6.92 Å². The van der Waals surface area contributed by atoms with Crippen LogP contribution < -0.4 is 0 Å². The van der Waals surface area contributed by atoms with Crippen molar-refractivity contribution in [2.75, 3.05) is 0 Å². The Morgan fingerprint density at radius 1 is 1.20 bits per heavy atom. The summed E-state index contributed by atoms with van der Waals surface area (Å²) in [6, 6.07) is 0. The standard InChI is InChI=1S/C8H9Cl3O4/c1-4(2)6(13)15-7(8(9,10)11)14-5(3)12/h7H,1H2,2-3H3. The highest BCUT2D eigenvalue weighted by molar-refractivity contribution is 6.68. The Kier molecular flexibility index (Phi) is 5.42. The molecule has 1 unspecified atom stereocenters. The highest BCUT2D eigenvalue weighted by atomic mass is 35.6. The monoisotopic (exact) mass is 274 g/mol. The summed E-state index contributed by atoms with van der Waals surface area (Å²) in [5.41, 5.74) is 0.0985. The van der Waals surface area contributed by atoms with E-state index in [2.05, 4.69) is 16.1 Å².